The van der Waals surface area contributed by atoms with E-state index >= 15 is 0 Å². The van der Waals surface area contributed by atoms with Crippen LogP contribution in [0.2, 0.25) is 0 Å². The summed E-state index contributed by atoms with van der Waals surface area (Å²) in [5.41, 5.74) is 0.813. The van der Waals surface area contributed by atoms with Crippen molar-refractivity contribution in [1.82, 2.24) is 9.29 Å². The Hall–Kier alpha value is -3.83. The summed E-state index contributed by atoms with van der Waals surface area (Å²) in [6, 6.07) is 13.8. The summed E-state index contributed by atoms with van der Waals surface area (Å²) < 4.78 is 62.1. The van der Waals surface area contributed by atoms with Gasteiger partial charge in [-0.1, -0.05) is 30.3 Å². The molecule has 0 saturated heterocycles. The van der Waals surface area contributed by atoms with Gasteiger partial charge in [0.1, 0.15) is 17.7 Å². The highest BCUT2D eigenvalue weighted by molar-refractivity contribution is 7.89. The Labute approximate surface area is 192 Å². The molecule has 2 N–H and O–H groups in total. The highest BCUT2D eigenvalue weighted by atomic mass is 32.2. The first-order valence-corrected chi connectivity index (χ1v) is 11.5. The molecule has 8 nitrogen and oxygen atoms in total. The molecule has 4 aromatic rings. The number of rotatable bonds is 7. The summed E-state index contributed by atoms with van der Waals surface area (Å²) in [7, 11) is -2.78. The topological polar surface area (TPSA) is 110 Å². The zero-order valence-corrected chi connectivity index (χ0v) is 18.6. The number of aryl methyl sites for hydroxylation is 1. The maximum atomic E-state index is 14.1. The number of sulfonamides is 1. The molecule has 34 heavy (non-hydrogen) atoms. The molecular formula is C23H19F2N3O5S. The van der Waals surface area contributed by atoms with Gasteiger partial charge in [-0.15, -0.1) is 0 Å². The molecule has 1 heterocycles. The third-order valence-electron chi connectivity index (χ3n) is 5.16. The predicted octanol–water partition coefficient (Wildman–Crippen LogP) is 2.94. The molecule has 1 unspecified atom stereocenters. The molecule has 3 aromatic carbocycles. The van der Waals surface area contributed by atoms with Gasteiger partial charge < -0.3 is 9.73 Å². The van der Waals surface area contributed by atoms with Crippen molar-refractivity contribution in [2.75, 3.05) is 5.32 Å². The lowest BCUT2D eigenvalue weighted by Crippen LogP contribution is -2.45. The molecule has 4 rings (SSSR count). The van der Waals surface area contributed by atoms with Crippen molar-refractivity contribution in [1.29, 1.82) is 0 Å². The fourth-order valence-corrected chi connectivity index (χ4v) is 4.60. The van der Waals surface area contributed by atoms with E-state index in [0.717, 1.165) is 12.1 Å². The number of oxazole rings is 1. The molecule has 11 heteroatoms. The molecule has 0 bridgehead atoms. The minimum Gasteiger partial charge on any atom is -0.408 e. The third kappa shape index (κ3) is 4.90. The van der Waals surface area contributed by atoms with Crippen LogP contribution in [0.25, 0.3) is 11.1 Å². The zero-order chi connectivity index (χ0) is 24.5. The molecule has 1 atom stereocenters. The van der Waals surface area contributed by atoms with Gasteiger partial charge in [0, 0.05) is 19.2 Å². The van der Waals surface area contributed by atoms with E-state index in [9.17, 15) is 26.8 Å². The first kappa shape index (κ1) is 23.3. The minimum atomic E-state index is -4.26. The molecule has 1 amide bonds. The van der Waals surface area contributed by atoms with Crippen molar-refractivity contribution in [2.45, 2.75) is 17.4 Å². The molecule has 1 aromatic heterocycles. The van der Waals surface area contributed by atoms with Crippen molar-refractivity contribution >= 4 is 32.7 Å². The molecule has 0 saturated carbocycles. The molecule has 0 aliphatic carbocycles. The number of carbonyl (C=O) groups excluding carboxylic acids is 1. The summed E-state index contributed by atoms with van der Waals surface area (Å²) in [6.45, 7) is 0. The largest absolute Gasteiger partial charge is 0.419 e. The number of carbonyl (C=O) groups is 1. The number of fused-ring (bicyclic) bond motifs is 1. The number of nitrogens with one attached hydrogen (secondary N) is 2. The van der Waals surface area contributed by atoms with Crippen LogP contribution in [0.5, 0.6) is 0 Å². The number of halogens is 2. The molecule has 0 spiro atoms. The Balaban J connectivity index is 1.65. The Kier molecular flexibility index (Phi) is 6.31. The van der Waals surface area contributed by atoms with Crippen LogP contribution in [0, 0.1) is 11.6 Å². The fourth-order valence-electron chi connectivity index (χ4n) is 3.39. The van der Waals surface area contributed by atoms with Crippen molar-refractivity contribution in [3.05, 3.63) is 94.5 Å². The monoisotopic (exact) mass is 487 g/mol. The average molecular weight is 487 g/mol. The molecule has 176 valence electrons. The Morgan fingerprint density at radius 3 is 2.50 bits per heavy atom. The number of amides is 1. The van der Waals surface area contributed by atoms with E-state index < -0.39 is 39.4 Å². The quantitative estimate of drug-likeness (QED) is 0.417. The summed E-state index contributed by atoms with van der Waals surface area (Å²) in [5.74, 6) is -3.32. The minimum absolute atomic E-state index is 0.0443. The molecule has 0 radical (unpaired) electrons. The number of hydrogen-bond acceptors (Lipinski definition) is 5. The van der Waals surface area contributed by atoms with Crippen molar-refractivity contribution in [3.63, 3.8) is 0 Å². The normalized spacial score (nSPS) is 12.6. The standard InChI is InChI=1S/C23H19F2N3O5S/c1-28-20-10-8-16(13-21(20)33-23(28)30)34(31,32)27-19(11-14-5-3-2-4-6-14)22(29)26-18-9-7-15(24)12-17(18)25/h2-10,12-13,19,27H,11H2,1H3,(H,26,29). The van der Waals surface area contributed by atoms with Crippen LogP contribution >= 0.6 is 0 Å². The lowest BCUT2D eigenvalue weighted by Gasteiger charge is -2.19. The summed E-state index contributed by atoms with van der Waals surface area (Å²) >= 11 is 0. The molecule has 0 aliphatic heterocycles. The number of anilines is 1. The smallest absolute Gasteiger partial charge is 0.408 e. The fraction of sp³-hybridized carbons (Fsp3) is 0.130. The SMILES string of the molecule is Cn1c(=O)oc2cc(S(=O)(=O)NC(Cc3ccccc3)C(=O)Nc3ccc(F)cc3F)ccc21. The maximum Gasteiger partial charge on any atom is 0.419 e. The van der Waals surface area contributed by atoms with E-state index in [1.807, 2.05) is 0 Å². The second-order valence-electron chi connectivity index (χ2n) is 7.53. The van der Waals surface area contributed by atoms with Crippen molar-refractivity contribution in [3.8, 4) is 0 Å². The maximum absolute atomic E-state index is 14.1. The first-order chi connectivity index (χ1) is 16.1. The number of benzene rings is 3. The van der Waals surface area contributed by atoms with Gasteiger partial charge in [-0.2, -0.15) is 4.72 Å². The Bertz CT molecular complexity index is 1530. The van der Waals surface area contributed by atoms with Gasteiger partial charge in [0.25, 0.3) is 0 Å². The highest BCUT2D eigenvalue weighted by Crippen LogP contribution is 2.20. The predicted molar refractivity (Wildman–Crippen MR) is 121 cm³/mol. The van der Waals surface area contributed by atoms with E-state index in [4.69, 9.17) is 4.42 Å². The average Bonchev–Trinajstić information content (AvgIpc) is 3.08. The molecule has 0 aliphatic rings. The van der Waals surface area contributed by atoms with Crippen LogP contribution in [-0.4, -0.2) is 24.9 Å². The zero-order valence-electron chi connectivity index (χ0n) is 17.8. The number of aromatic nitrogens is 1. The second-order valence-corrected chi connectivity index (χ2v) is 9.25. The van der Waals surface area contributed by atoms with E-state index in [2.05, 4.69) is 10.0 Å². The van der Waals surface area contributed by atoms with Crippen LogP contribution in [0.4, 0.5) is 14.5 Å². The molecular weight excluding hydrogens is 468 g/mol. The van der Waals surface area contributed by atoms with Crippen molar-refractivity contribution < 1.29 is 26.4 Å². The van der Waals surface area contributed by atoms with Crippen LogP contribution < -0.4 is 15.8 Å². The van der Waals surface area contributed by atoms with E-state index in [-0.39, 0.29) is 22.6 Å². The van der Waals surface area contributed by atoms with Gasteiger partial charge in [-0.05, 0) is 36.2 Å². The van der Waals surface area contributed by atoms with E-state index in [0.29, 0.717) is 17.1 Å². The van der Waals surface area contributed by atoms with E-state index in [1.54, 1.807) is 30.3 Å². The van der Waals surface area contributed by atoms with Gasteiger partial charge >= 0.3 is 5.76 Å². The number of nitrogens with zero attached hydrogens (tertiary/aromatic N) is 1. The van der Waals surface area contributed by atoms with Crippen LogP contribution in [0.15, 0.2) is 80.8 Å². The van der Waals surface area contributed by atoms with Gasteiger partial charge in [0.2, 0.25) is 15.9 Å². The first-order valence-electron chi connectivity index (χ1n) is 10.1. The lowest BCUT2D eigenvalue weighted by atomic mass is 10.1. The van der Waals surface area contributed by atoms with Gasteiger partial charge in [0.05, 0.1) is 16.1 Å². The highest BCUT2D eigenvalue weighted by Gasteiger charge is 2.27. The Morgan fingerprint density at radius 2 is 1.79 bits per heavy atom. The Morgan fingerprint density at radius 1 is 1.06 bits per heavy atom. The van der Waals surface area contributed by atoms with Gasteiger partial charge in [0.15, 0.2) is 5.58 Å². The second kappa shape index (κ2) is 9.20. The van der Waals surface area contributed by atoms with Gasteiger partial charge in [-0.3, -0.25) is 9.36 Å². The van der Waals surface area contributed by atoms with Crippen molar-refractivity contribution in [2.24, 2.45) is 7.05 Å². The lowest BCUT2D eigenvalue weighted by molar-refractivity contribution is -0.117. The summed E-state index contributed by atoms with van der Waals surface area (Å²) in [5, 5.41) is 2.30. The van der Waals surface area contributed by atoms with Crippen LogP contribution in [-0.2, 0) is 28.3 Å². The van der Waals surface area contributed by atoms with Gasteiger partial charge in [-0.25, -0.2) is 22.0 Å². The summed E-state index contributed by atoms with van der Waals surface area (Å²) in [4.78, 5) is 24.4. The number of hydrogen-bond donors (Lipinski definition) is 2. The third-order valence-corrected chi connectivity index (χ3v) is 6.63. The van der Waals surface area contributed by atoms with Crippen LogP contribution in [0.3, 0.4) is 0 Å². The van der Waals surface area contributed by atoms with Crippen LogP contribution in [0.1, 0.15) is 5.56 Å². The summed E-state index contributed by atoms with van der Waals surface area (Å²) in [6.07, 6.45) is -0.0443. The van der Waals surface area contributed by atoms with E-state index in [1.165, 1.54) is 29.8 Å². The molecule has 0 fully saturated rings.